The van der Waals surface area contributed by atoms with Crippen LogP contribution in [0.5, 0.6) is 5.75 Å². The maximum absolute atomic E-state index is 14.3. The van der Waals surface area contributed by atoms with Crippen molar-refractivity contribution in [2.45, 2.75) is 31.2 Å². The van der Waals surface area contributed by atoms with Gasteiger partial charge in [0, 0.05) is 36.7 Å². The number of pyridine rings is 2. The predicted octanol–water partition coefficient (Wildman–Crippen LogP) is 3.59. The Morgan fingerprint density at radius 1 is 1.15 bits per heavy atom. The highest BCUT2D eigenvalue weighted by atomic mass is 19.1. The molecule has 2 N–H and O–H groups in total. The van der Waals surface area contributed by atoms with Crippen LogP contribution in [-0.2, 0) is 4.74 Å². The summed E-state index contributed by atoms with van der Waals surface area (Å²) in [6, 6.07) is 13.6. The predicted molar refractivity (Wildman–Crippen MR) is 125 cm³/mol. The number of hydrogen-bond acceptors (Lipinski definition) is 6. The second-order valence-corrected chi connectivity index (χ2v) is 8.80. The van der Waals surface area contributed by atoms with Gasteiger partial charge in [-0.2, -0.15) is 0 Å². The van der Waals surface area contributed by atoms with Gasteiger partial charge in [-0.05, 0) is 24.6 Å². The molecule has 7 nitrogen and oxygen atoms in total. The standard InChI is InChI=1S/C25H26FN5O2/c26-19-14-30(9-7-20(19)27)22-3-1-2-16-4-5-21(29-25(16)22)23-13-28-24-12-17(6-10-31(23)24)33-18-8-11-32-15-18/h1-6,10,12-13,18-20H,7-9,11,14-15,27H2/t18-,19-,20+/m0/s1. The number of rotatable bonds is 4. The van der Waals surface area contributed by atoms with Crippen molar-refractivity contribution in [3.8, 4) is 17.1 Å². The summed E-state index contributed by atoms with van der Waals surface area (Å²) in [5.74, 6) is 0.785. The van der Waals surface area contributed by atoms with Gasteiger partial charge >= 0.3 is 0 Å². The number of nitrogens with two attached hydrogens (primary N) is 1. The Balaban J connectivity index is 1.35. The van der Waals surface area contributed by atoms with Gasteiger partial charge < -0.3 is 20.1 Å². The number of anilines is 1. The minimum absolute atomic E-state index is 0.0933. The van der Waals surface area contributed by atoms with Crippen LogP contribution in [0.2, 0.25) is 0 Å². The van der Waals surface area contributed by atoms with Gasteiger partial charge in [0.25, 0.3) is 0 Å². The van der Waals surface area contributed by atoms with Crippen LogP contribution in [0.25, 0.3) is 27.9 Å². The lowest BCUT2D eigenvalue weighted by Gasteiger charge is -2.34. The Kier molecular flexibility index (Phi) is 5.11. The van der Waals surface area contributed by atoms with Crippen LogP contribution in [-0.4, -0.2) is 59.0 Å². The van der Waals surface area contributed by atoms with Crippen LogP contribution in [0, 0.1) is 0 Å². The first-order chi connectivity index (χ1) is 16.2. The molecule has 2 aliphatic heterocycles. The minimum Gasteiger partial charge on any atom is -0.488 e. The van der Waals surface area contributed by atoms with Crippen molar-refractivity contribution in [2.75, 3.05) is 31.2 Å². The van der Waals surface area contributed by atoms with Crippen molar-refractivity contribution >= 4 is 22.2 Å². The second-order valence-electron chi connectivity index (χ2n) is 8.80. The number of fused-ring (bicyclic) bond motifs is 2. The number of piperidine rings is 1. The number of benzene rings is 1. The fourth-order valence-corrected chi connectivity index (χ4v) is 4.69. The lowest BCUT2D eigenvalue weighted by Crippen LogP contribution is -2.48. The molecule has 5 heterocycles. The third-order valence-corrected chi connectivity index (χ3v) is 6.57. The lowest BCUT2D eigenvalue weighted by atomic mass is 10.0. The van der Waals surface area contributed by atoms with Gasteiger partial charge in [-0.15, -0.1) is 0 Å². The molecule has 0 aliphatic carbocycles. The molecular formula is C25H26FN5O2. The lowest BCUT2D eigenvalue weighted by molar-refractivity contribution is 0.141. The van der Waals surface area contributed by atoms with Crippen LogP contribution in [0.1, 0.15) is 12.8 Å². The first-order valence-corrected chi connectivity index (χ1v) is 11.4. The molecule has 2 saturated heterocycles. The summed E-state index contributed by atoms with van der Waals surface area (Å²) in [6.07, 6.45) is 4.37. The highest BCUT2D eigenvalue weighted by Gasteiger charge is 2.27. The smallest absolute Gasteiger partial charge is 0.140 e. The zero-order chi connectivity index (χ0) is 22.4. The van der Waals surface area contributed by atoms with Gasteiger partial charge in [-0.1, -0.05) is 18.2 Å². The van der Waals surface area contributed by atoms with Crippen molar-refractivity contribution in [2.24, 2.45) is 5.73 Å². The van der Waals surface area contributed by atoms with E-state index >= 15 is 0 Å². The number of hydrogen-bond donors (Lipinski definition) is 1. The van der Waals surface area contributed by atoms with Crippen LogP contribution in [0.3, 0.4) is 0 Å². The van der Waals surface area contributed by atoms with Crippen molar-refractivity contribution in [3.63, 3.8) is 0 Å². The van der Waals surface area contributed by atoms with E-state index in [0.29, 0.717) is 13.0 Å². The van der Waals surface area contributed by atoms with Gasteiger partial charge in [0.1, 0.15) is 23.7 Å². The quantitative estimate of drug-likeness (QED) is 0.515. The van der Waals surface area contributed by atoms with E-state index in [1.165, 1.54) is 0 Å². The maximum atomic E-state index is 14.3. The third kappa shape index (κ3) is 3.79. The van der Waals surface area contributed by atoms with E-state index in [1.54, 1.807) is 0 Å². The van der Waals surface area contributed by atoms with Gasteiger partial charge in [0.05, 0.1) is 48.5 Å². The van der Waals surface area contributed by atoms with E-state index in [2.05, 4.69) is 16.0 Å². The molecule has 2 aliphatic rings. The average molecular weight is 448 g/mol. The van der Waals surface area contributed by atoms with Crippen LogP contribution in [0.4, 0.5) is 10.1 Å². The molecule has 0 bridgehead atoms. The van der Waals surface area contributed by atoms with Crippen molar-refractivity contribution in [1.29, 1.82) is 0 Å². The molecule has 4 aromatic rings. The average Bonchev–Trinajstić information content (AvgIpc) is 3.50. The summed E-state index contributed by atoms with van der Waals surface area (Å²) >= 11 is 0. The monoisotopic (exact) mass is 447 g/mol. The van der Waals surface area contributed by atoms with E-state index in [-0.39, 0.29) is 12.6 Å². The summed E-state index contributed by atoms with van der Waals surface area (Å²) in [4.78, 5) is 11.6. The Morgan fingerprint density at radius 2 is 2.09 bits per heavy atom. The Bertz CT molecular complexity index is 1300. The topological polar surface area (TPSA) is 77.9 Å². The van der Waals surface area contributed by atoms with E-state index in [9.17, 15) is 4.39 Å². The van der Waals surface area contributed by atoms with Gasteiger partial charge in [-0.25, -0.2) is 14.4 Å². The Morgan fingerprint density at radius 3 is 2.94 bits per heavy atom. The molecule has 1 aromatic carbocycles. The molecule has 3 atom stereocenters. The van der Waals surface area contributed by atoms with Gasteiger partial charge in [0.15, 0.2) is 0 Å². The van der Waals surface area contributed by atoms with Gasteiger partial charge in [-0.3, -0.25) is 4.40 Å². The molecule has 0 spiro atoms. The van der Waals surface area contributed by atoms with Crippen LogP contribution >= 0.6 is 0 Å². The first-order valence-electron chi connectivity index (χ1n) is 11.4. The second kappa shape index (κ2) is 8.28. The van der Waals surface area contributed by atoms with E-state index < -0.39 is 12.2 Å². The highest BCUT2D eigenvalue weighted by molar-refractivity contribution is 5.92. The molecule has 0 saturated carbocycles. The van der Waals surface area contributed by atoms with Crippen LogP contribution < -0.4 is 15.4 Å². The number of nitrogens with zero attached hydrogens (tertiary/aromatic N) is 4. The van der Waals surface area contributed by atoms with Crippen LogP contribution in [0.15, 0.2) is 54.9 Å². The van der Waals surface area contributed by atoms with E-state index in [1.807, 2.05) is 53.2 Å². The summed E-state index contributed by atoms with van der Waals surface area (Å²) in [5, 5.41) is 1.02. The number of ether oxygens (including phenoxy) is 2. The molecule has 6 rings (SSSR count). The fourth-order valence-electron chi connectivity index (χ4n) is 4.69. The summed E-state index contributed by atoms with van der Waals surface area (Å²) < 4.78 is 27.8. The summed E-state index contributed by atoms with van der Waals surface area (Å²) in [5.41, 5.74) is 10.2. The Hall–Kier alpha value is -3.23. The minimum atomic E-state index is -1.04. The largest absolute Gasteiger partial charge is 0.488 e. The normalized spacial score (nSPS) is 23.5. The van der Waals surface area contributed by atoms with Crippen molar-refractivity contribution < 1.29 is 13.9 Å². The van der Waals surface area contributed by atoms with Crippen molar-refractivity contribution in [3.05, 3.63) is 54.9 Å². The molecule has 8 heteroatoms. The first kappa shape index (κ1) is 20.4. The molecular weight excluding hydrogens is 421 g/mol. The van der Waals surface area contributed by atoms with E-state index in [4.69, 9.17) is 20.2 Å². The summed E-state index contributed by atoms with van der Waals surface area (Å²) in [7, 11) is 0. The number of aromatic nitrogens is 3. The maximum Gasteiger partial charge on any atom is 0.140 e. The number of para-hydroxylation sites is 1. The Labute approximate surface area is 190 Å². The molecule has 33 heavy (non-hydrogen) atoms. The van der Waals surface area contributed by atoms with Gasteiger partial charge in [0.2, 0.25) is 0 Å². The summed E-state index contributed by atoms with van der Waals surface area (Å²) in [6.45, 7) is 2.38. The third-order valence-electron chi connectivity index (χ3n) is 6.57. The molecule has 3 aromatic heterocycles. The van der Waals surface area contributed by atoms with E-state index in [0.717, 1.165) is 58.9 Å². The fraction of sp³-hybridized carbons (Fsp3) is 0.360. The number of alkyl halides is 1. The molecule has 0 unspecified atom stereocenters. The molecule has 2 fully saturated rings. The molecule has 170 valence electrons. The highest BCUT2D eigenvalue weighted by Crippen LogP contribution is 2.31. The zero-order valence-electron chi connectivity index (χ0n) is 18.2. The number of imidazole rings is 1. The number of halogens is 1. The van der Waals surface area contributed by atoms with Crippen molar-refractivity contribution in [1.82, 2.24) is 14.4 Å². The SMILES string of the molecule is N[C@@H]1CCN(c2cccc3ccc(-c4cnc5cc(O[C@H]6CCOC6)ccn45)nc23)C[C@@H]1F. The zero-order valence-corrected chi connectivity index (χ0v) is 18.2. The molecule has 0 amide bonds. The molecule has 0 radical (unpaired) electrons.